The van der Waals surface area contributed by atoms with Gasteiger partial charge < -0.3 is 15.4 Å². The molecule has 5 nitrogen and oxygen atoms in total. The summed E-state index contributed by atoms with van der Waals surface area (Å²) in [6, 6.07) is 0. The number of carbonyl (C=O) groups is 1. The van der Waals surface area contributed by atoms with Gasteiger partial charge in [0.2, 0.25) is 0 Å². The van der Waals surface area contributed by atoms with Crippen LogP contribution in [0.2, 0.25) is 0 Å². The molecule has 14 heavy (non-hydrogen) atoms. The van der Waals surface area contributed by atoms with Gasteiger partial charge in [0.05, 0.1) is 11.9 Å². The number of ether oxygens (including phenoxy) is 1. The van der Waals surface area contributed by atoms with Gasteiger partial charge in [0.25, 0.3) is 0 Å². The largest absolute Gasteiger partial charge is 0.447 e. The van der Waals surface area contributed by atoms with Gasteiger partial charge in [0.15, 0.2) is 0 Å². The highest BCUT2D eigenvalue weighted by Gasteiger charge is 2.15. The van der Waals surface area contributed by atoms with E-state index in [4.69, 9.17) is 15.9 Å². The predicted molar refractivity (Wildman–Crippen MR) is 55.3 cm³/mol. The third-order valence-corrected chi connectivity index (χ3v) is 1.73. The van der Waals surface area contributed by atoms with Crippen molar-refractivity contribution in [3.8, 4) is 0 Å². The van der Waals surface area contributed by atoms with E-state index in [-0.39, 0.29) is 24.0 Å². The fourth-order valence-electron chi connectivity index (χ4n) is 0.875. The number of nitrogens with two attached hydrogens (primary N) is 1. The van der Waals surface area contributed by atoms with Crippen molar-refractivity contribution in [2.24, 2.45) is 11.7 Å². The summed E-state index contributed by atoms with van der Waals surface area (Å²) in [5.74, 6) is -0.0612. The zero-order chi connectivity index (χ0) is 11.3. The lowest BCUT2D eigenvalue weighted by Gasteiger charge is -2.21. The Kier molecular flexibility index (Phi) is 4.97. The van der Waals surface area contributed by atoms with E-state index in [9.17, 15) is 4.79 Å². The van der Waals surface area contributed by atoms with Crippen LogP contribution in [0.5, 0.6) is 0 Å². The molecule has 0 aromatic heterocycles. The van der Waals surface area contributed by atoms with Gasteiger partial charge >= 0.3 is 6.09 Å². The van der Waals surface area contributed by atoms with Crippen molar-refractivity contribution < 1.29 is 9.53 Å². The fraction of sp³-hybridized carbons (Fsp3) is 0.778. The summed E-state index contributed by atoms with van der Waals surface area (Å²) < 4.78 is 4.97. The Morgan fingerprint density at radius 2 is 2.00 bits per heavy atom. The lowest BCUT2D eigenvalue weighted by molar-refractivity contribution is 0.0825. The second-order valence-corrected chi connectivity index (χ2v) is 3.67. The average Bonchev–Trinajstić information content (AvgIpc) is 2.02. The minimum Gasteiger partial charge on any atom is -0.447 e. The molecule has 0 rings (SSSR count). The normalized spacial score (nSPS) is 12.4. The second-order valence-electron chi connectivity index (χ2n) is 3.67. The first kappa shape index (κ1) is 12.7. The molecule has 0 aliphatic heterocycles. The molecular formula is C9H19N3O2. The van der Waals surface area contributed by atoms with Gasteiger partial charge in [-0.1, -0.05) is 6.92 Å². The molecule has 0 radical (unpaired) electrons. The maximum absolute atomic E-state index is 11.3. The van der Waals surface area contributed by atoms with Crippen LogP contribution in [0, 0.1) is 11.3 Å². The van der Waals surface area contributed by atoms with E-state index >= 15 is 0 Å². The molecule has 0 aromatic carbocycles. The van der Waals surface area contributed by atoms with Crippen molar-refractivity contribution in [1.82, 2.24) is 4.90 Å². The van der Waals surface area contributed by atoms with E-state index in [1.165, 1.54) is 4.90 Å². The highest BCUT2D eigenvalue weighted by Crippen LogP contribution is 2.01. The van der Waals surface area contributed by atoms with Crippen molar-refractivity contribution in [3.63, 3.8) is 0 Å². The first-order chi connectivity index (χ1) is 6.34. The molecule has 5 heteroatoms. The number of nitrogens with one attached hydrogen (secondary N) is 1. The van der Waals surface area contributed by atoms with Gasteiger partial charge in [0, 0.05) is 19.5 Å². The smallest absolute Gasteiger partial charge is 0.409 e. The minimum absolute atomic E-state index is 0.0780. The first-order valence-electron chi connectivity index (χ1n) is 4.60. The van der Waals surface area contributed by atoms with Crippen molar-refractivity contribution >= 4 is 11.9 Å². The third-order valence-electron chi connectivity index (χ3n) is 1.73. The van der Waals surface area contributed by atoms with E-state index < -0.39 is 0 Å². The summed E-state index contributed by atoms with van der Waals surface area (Å²) in [4.78, 5) is 12.7. The molecule has 0 aromatic rings. The van der Waals surface area contributed by atoms with Crippen LogP contribution in [-0.4, -0.2) is 36.5 Å². The van der Waals surface area contributed by atoms with Crippen LogP contribution in [-0.2, 0) is 4.74 Å². The van der Waals surface area contributed by atoms with E-state index in [0.29, 0.717) is 6.54 Å². The Balaban J connectivity index is 4.01. The maximum Gasteiger partial charge on any atom is 0.409 e. The summed E-state index contributed by atoms with van der Waals surface area (Å²) in [6.07, 6.45) is -0.509. The number of amidine groups is 1. The Morgan fingerprint density at radius 3 is 2.36 bits per heavy atom. The molecular weight excluding hydrogens is 182 g/mol. The van der Waals surface area contributed by atoms with Gasteiger partial charge in [-0.25, -0.2) is 4.79 Å². The van der Waals surface area contributed by atoms with Crippen molar-refractivity contribution in [1.29, 1.82) is 5.41 Å². The Bertz CT molecular complexity index is 216. The van der Waals surface area contributed by atoms with Crippen molar-refractivity contribution in [2.45, 2.75) is 26.9 Å². The Morgan fingerprint density at radius 1 is 1.50 bits per heavy atom. The van der Waals surface area contributed by atoms with Crippen molar-refractivity contribution in [3.05, 3.63) is 0 Å². The minimum atomic E-state index is -0.381. The van der Waals surface area contributed by atoms with E-state index in [1.54, 1.807) is 27.8 Å². The zero-order valence-corrected chi connectivity index (χ0v) is 9.20. The average molecular weight is 201 g/mol. The van der Waals surface area contributed by atoms with Gasteiger partial charge in [-0.3, -0.25) is 5.41 Å². The summed E-state index contributed by atoms with van der Waals surface area (Å²) in [5.41, 5.74) is 5.29. The van der Waals surface area contributed by atoms with Gasteiger partial charge in [-0.15, -0.1) is 0 Å². The SMILES string of the molecule is CC(C)OC(=O)N(C)CC(C)C(=N)N. The topological polar surface area (TPSA) is 79.4 Å². The lowest BCUT2D eigenvalue weighted by atomic mass is 10.1. The van der Waals surface area contributed by atoms with E-state index in [1.807, 2.05) is 0 Å². The molecule has 82 valence electrons. The fourth-order valence-corrected chi connectivity index (χ4v) is 0.875. The molecule has 1 amide bonds. The van der Waals surface area contributed by atoms with Crippen LogP contribution in [0.1, 0.15) is 20.8 Å². The monoisotopic (exact) mass is 201 g/mol. The van der Waals surface area contributed by atoms with Crippen LogP contribution in [0.25, 0.3) is 0 Å². The highest BCUT2D eigenvalue weighted by atomic mass is 16.6. The molecule has 0 aliphatic carbocycles. The van der Waals surface area contributed by atoms with E-state index in [2.05, 4.69) is 0 Å². The molecule has 0 heterocycles. The van der Waals surface area contributed by atoms with Crippen LogP contribution in [0.3, 0.4) is 0 Å². The lowest BCUT2D eigenvalue weighted by Crippen LogP contribution is -2.37. The number of rotatable bonds is 4. The molecule has 0 aliphatic rings. The van der Waals surface area contributed by atoms with Crippen LogP contribution < -0.4 is 5.73 Å². The number of amides is 1. The standard InChI is InChI=1S/C9H19N3O2/c1-6(2)14-9(13)12(4)5-7(3)8(10)11/h6-7H,5H2,1-4H3,(H3,10,11). The molecule has 3 N–H and O–H groups in total. The molecule has 0 spiro atoms. The molecule has 0 saturated heterocycles. The van der Waals surface area contributed by atoms with Crippen LogP contribution in [0.15, 0.2) is 0 Å². The summed E-state index contributed by atoms with van der Waals surface area (Å²) >= 11 is 0. The highest BCUT2D eigenvalue weighted by molar-refractivity contribution is 5.80. The van der Waals surface area contributed by atoms with Gasteiger partial charge in [0.1, 0.15) is 0 Å². The van der Waals surface area contributed by atoms with Gasteiger partial charge in [-0.05, 0) is 13.8 Å². The predicted octanol–water partition coefficient (Wildman–Crippen LogP) is 1.04. The van der Waals surface area contributed by atoms with Crippen molar-refractivity contribution in [2.75, 3.05) is 13.6 Å². The Labute approximate surface area is 84.7 Å². The van der Waals surface area contributed by atoms with Crippen LogP contribution >= 0.6 is 0 Å². The summed E-state index contributed by atoms with van der Waals surface area (Å²) in [5, 5.41) is 7.18. The Hall–Kier alpha value is -1.26. The zero-order valence-electron chi connectivity index (χ0n) is 9.20. The van der Waals surface area contributed by atoms with Gasteiger partial charge in [-0.2, -0.15) is 0 Å². The number of hydrogen-bond donors (Lipinski definition) is 2. The van der Waals surface area contributed by atoms with E-state index in [0.717, 1.165) is 0 Å². The molecule has 0 fully saturated rings. The first-order valence-corrected chi connectivity index (χ1v) is 4.60. The quantitative estimate of drug-likeness (QED) is 0.526. The number of hydrogen-bond acceptors (Lipinski definition) is 3. The molecule has 0 saturated carbocycles. The molecule has 1 atom stereocenters. The second kappa shape index (κ2) is 5.47. The van der Waals surface area contributed by atoms with Crippen LogP contribution in [0.4, 0.5) is 4.79 Å². The number of carbonyl (C=O) groups excluding carboxylic acids is 1. The number of nitrogens with zero attached hydrogens (tertiary/aromatic N) is 1. The maximum atomic E-state index is 11.3. The summed E-state index contributed by atoms with van der Waals surface area (Å²) in [6.45, 7) is 5.78. The molecule has 0 bridgehead atoms. The third kappa shape index (κ3) is 4.69. The molecule has 1 unspecified atom stereocenters. The summed E-state index contributed by atoms with van der Waals surface area (Å²) in [7, 11) is 1.63.